The van der Waals surface area contributed by atoms with Gasteiger partial charge in [-0.3, -0.25) is 0 Å². The van der Waals surface area contributed by atoms with Crippen LogP contribution in [0.15, 0.2) is 35.0 Å². The maximum atomic E-state index is 5.79. The van der Waals surface area contributed by atoms with E-state index in [1.807, 2.05) is 24.3 Å². The summed E-state index contributed by atoms with van der Waals surface area (Å²) in [5.74, 6) is 1.68. The molecular formula is C14H14N6O. The van der Waals surface area contributed by atoms with Crippen LogP contribution in [0.1, 0.15) is 32.1 Å². The molecule has 0 unspecified atom stereocenters. The number of aromatic nitrogens is 6. The van der Waals surface area contributed by atoms with Crippen LogP contribution in [0.3, 0.4) is 0 Å². The number of nitrogens with zero attached hydrogens (tertiary/aromatic N) is 6. The van der Waals surface area contributed by atoms with E-state index in [2.05, 4.69) is 39.6 Å². The minimum atomic E-state index is 0.285. The monoisotopic (exact) mass is 282 g/mol. The molecule has 0 aliphatic heterocycles. The molecule has 0 spiro atoms. The highest BCUT2D eigenvalue weighted by atomic mass is 16.4. The summed E-state index contributed by atoms with van der Waals surface area (Å²) < 4.78 is 7.38. The van der Waals surface area contributed by atoms with Crippen molar-refractivity contribution in [3.05, 3.63) is 36.5 Å². The van der Waals surface area contributed by atoms with E-state index in [1.54, 1.807) is 11.0 Å². The average Bonchev–Trinajstić information content (AvgIpc) is 2.99. The first-order valence-corrected chi connectivity index (χ1v) is 6.81. The van der Waals surface area contributed by atoms with Crippen LogP contribution < -0.4 is 0 Å². The van der Waals surface area contributed by atoms with Gasteiger partial charge in [-0.25, -0.2) is 4.68 Å². The third-order valence-corrected chi connectivity index (χ3v) is 3.98. The summed E-state index contributed by atoms with van der Waals surface area (Å²) in [5, 5.41) is 19.4. The fraction of sp³-hybridized carbons (Fsp3) is 0.357. The molecule has 7 nitrogen and oxygen atoms in total. The first-order chi connectivity index (χ1) is 10.1. The van der Waals surface area contributed by atoms with Crippen molar-refractivity contribution in [3.8, 4) is 17.1 Å². The van der Waals surface area contributed by atoms with Crippen molar-refractivity contribution in [2.45, 2.75) is 26.2 Å². The van der Waals surface area contributed by atoms with E-state index in [0.717, 1.165) is 23.6 Å². The highest BCUT2D eigenvalue weighted by Gasteiger charge is 2.50. The minimum Gasteiger partial charge on any atom is -0.420 e. The van der Waals surface area contributed by atoms with Crippen LogP contribution in [-0.2, 0) is 0 Å². The van der Waals surface area contributed by atoms with Gasteiger partial charge in [-0.05, 0) is 46.5 Å². The van der Waals surface area contributed by atoms with E-state index in [1.165, 1.54) is 0 Å². The van der Waals surface area contributed by atoms with Gasteiger partial charge in [0.2, 0.25) is 11.8 Å². The van der Waals surface area contributed by atoms with Crippen LogP contribution >= 0.6 is 0 Å². The number of tetrazole rings is 1. The molecule has 1 fully saturated rings. The molecule has 0 bridgehead atoms. The minimum absolute atomic E-state index is 0.285. The van der Waals surface area contributed by atoms with Gasteiger partial charge < -0.3 is 4.42 Å². The van der Waals surface area contributed by atoms with Crippen LogP contribution in [0.2, 0.25) is 0 Å². The summed E-state index contributed by atoms with van der Waals surface area (Å²) >= 11 is 0. The van der Waals surface area contributed by atoms with E-state index in [-0.39, 0.29) is 5.41 Å². The Labute approximate surface area is 121 Å². The van der Waals surface area contributed by atoms with Gasteiger partial charge in [0.15, 0.2) is 0 Å². The third-order valence-electron chi connectivity index (χ3n) is 3.98. The van der Waals surface area contributed by atoms with E-state index >= 15 is 0 Å². The number of benzene rings is 1. The second kappa shape index (κ2) is 4.21. The molecule has 1 aromatic carbocycles. The van der Waals surface area contributed by atoms with Crippen LogP contribution in [0.25, 0.3) is 17.1 Å². The highest BCUT2D eigenvalue weighted by molar-refractivity contribution is 5.55. The highest BCUT2D eigenvalue weighted by Crippen LogP contribution is 2.58. The molecule has 0 amide bonds. The number of hydrogen-bond donors (Lipinski definition) is 0. The summed E-state index contributed by atoms with van der Waals surface area (Å²) in [5.41, 5.74) is 2.06. The Morgan fingerprint density at radius 2 is 1.95 bits per heavy atom. The van der Waals surface area contributed by atoms with Gasteiger partial charge in [0, 0.05) is 11.5 Å². The quantitative estimate of drug-likeness (QED) is 0.732. The van der Waals surface area contributed by atoms with Crippen molar-refractivity contribution in [1.82, 2.24) is 30.4 Å². The molecule has 2 aromatic heterocycles. The third kappa shape index (κ3) is 2.10. The maximum absolute atomic E-state index is 5.79. The van der Waals surface area contributed by atoms with Gasteiger partial charge in [0.25, 0.3) is 0 Å². The summed E-state index contributed by atoms with van der Waals surface area (Å²) in [6.45, 7) is 4.42. The summed E-state index contributed by atoms with van der Waals surface area (Å²) in [7, 11) is 0. The molecule has 0 N–H and O–H groups in total. The SMILES string of the molecule is CC1(C)C[C@H]1c1nnc(-c2ccc(-n3cnnn3)cc2)o1. The number of hydrogen-bond acceptors (Lipinski definition) is 6. The Morgan fingerprint density at radius 1 is 1.19 bits per heavy atom. The lowest BCUT2D eigenvalue weighted by Gasteiger charge is -2.00. The molecular weight excluding hydrogens is 268 g/mol. The first kappa shape index (κ1) is 12.2. The Bertz CT molecular complexity index is 759. The second-order valence-electron chi connectivity index (χ2n) is 5.99. The van der Waals surface area contributed by atoms with Crippen molar-refractivity contribution >= 4 is 0 Å². The van der Waals surface area contributed by atoms with Gasteiger partial charge in [-0.2, -0.15) is 0 Å². The second-order valence-corrected chi connectivity index (χ2v) is 5.99. The molecule has 3 aromatic rings. The lowest BCUT2D eigenvalue weighted by Crippen LogP contribution is -1.94. The molecule has 2 heterocycles. The van der Waals surface area contributed by atoms with E-state index in [0.29, 0.717) is 11.8 Å². The van der Waals surface area contributed by atoms with Crippen LogP contribution in [0.5, 0.6) is 0 Å². The van der Waals surface area contributed by atoms with Crippen molar-refractivity contribution in [1.29, 1.82) is 0 Å². The predicted octanol–water partition coefficient (Wildman–Crippen LogP) is 2.23. The predicted molar refractivity (Wildman–Crippen MR) is 73.6 cm³/mol. The van der Waals surface area contributed by atoms with Crippen LogP contribution in [0, 0.1) is 5.41 Å². The Balaban J connectivity index is 1.59. The maximum Gasteiger partial charge on any atom is 0.247 e. The van der Waals surface area contributed by atoms with Crippen molar-refractivity contribution < 1.29 is 4.42 Å². The summed E-state index contributed by atoms with van der Waals surface area (Å²) in [6.07, 6.45) is 2.65. The zero-order chi connectivity index (χ0) is 14.4. The standard InChI is InChI=1S/C14H14N6O/c1-14(2)7-11(14)13-17-16-12(21-13)9-3-5-10(6-4-9)20-8-15-18-19-20/h3-6,8,11H,7H2,1-2H3/t11-/m0/s1. The van der Waals surface area contributed by atoms with Crippen LogP contribution in [0.4, 0.5) is 0 Å². The molecule has 0 radical (unpaired) electrons. The Morgan fingerprint density at radius 3 is 2.57 bits per heavy atom. The average molecular weight is 282 g/mol. The normalized spacial score (nSPS) is 19.6. The fourth-order valence-corrected chi connectivity index (χ4v) is 2.42. The van der Waals surface area contributed by atoms with E-state index < -0.39 is 0 Å². The topological polar surface area (TPSA) is 82.5 Å². The molecule has 21 heavy (non-hydrogen) atoms. The van der Waals surface area contributed by atoms with Gasteiger partial charge >= 0.3 is 0 Å². The Hall–Kier alpha value is -2.57. The lowest BCUT2D eigenvalue weighted by molar-refractivity contribution is 0.476. The molecule has 1 atom stereocenters. The van der Waals surface area contributed by atoms with Gasteiger partial charge in [-0.15, -0.1) is 15.3 Å². The van der Waals surface area contributed by atoms with Gasteiger partial charge in [0.05, 0.1) is 5.69 Å². The zero-order valence-electron chi connectivity index (χ0n) is 11.8. The molecule has 1 aliphatic carbocycles. The lowest BCUT2D eigenvalue weighted by atomic mass is 10.1. The smallest absolute Gasteiger partial charge is 0.247 e. The van der Waals surface area contributed by atoms with Crippen LogP contribution in [-0.4, -0.2) is 30.4 Å². The molecule has 7 heteroatoms. The van der Waals surface area contributed by atoms with E-state index in [9.17, 15) is 0 Å². The van der Waals surface area contributed by atoms with Crippen molar-refractivity contribution in [2.24, 2.45) is 5.41 Å². The molecule has 106 valence electrons. The first-order valence-electron chi connectivity index (χ1n) is 6.81. The molecule has 0 saturated heterocycles. The van der Waals surface area contributed by atoms with E-state index in [4.69, 9.17) is 4.42 Å². The zero-order valence-corrected chi connectivity index (χ0v) is 11.8. The van der Waals surface area contributed by atoms with Crippen molar-refractivity contribution in [3.63, 3.8) is 0 Å². The van der Waals surface area contributed by atoms with Gasteiger partial charge in [-0.1, -0.05) is 13.8 Å². The summed E-state index contributed by atoms with van der Waals surface area (Å²) in [4.78, 5) is 0. The molecule has 4 rings (SSSR count). The molecule has 1 saturated carbocycles. The molecule has 1 aliphatic rings. The fourth-order valence-electron chi connectivity index (χ4n) is 2.42. The number of rotatable bonds is 3. The summed E-state index contributed by atoms with van der Waals surface area (Å²) in [6, 6.07) is 7.67. The van der Waals surface area contributed by atoms with Crippen molar-refractivity contribution in [2.75, 3.05) is 0 Å². The van der Waals surface area contributed by atoms with Gasteiger partial charge in [0.1, 0.15) is 6.33 Å². The Kier molecular flexibility index (Phi) is 2.44. The largest absolute Gasteiger partial charge is 0.420 e.